The van der Waals surface area contributed by atoms with Crippen LogP contribution in [0.3, 0.4) is 0 Å². The van der Waals surface area contributed by atoms with Crippen LogP contribution in [0.25, 0.3) is 0 Å². The lowest BCUT2D eigenvalue weighted by Crippen LogP contribution is -2.37. The molecule has 5 nitrogen and oxygen atoms in total. The number of nitrogens with zero attached hydrogens (tertiary/aromatic N) is 2. The largest absolute Gasteiger partial charge is 0.476 e. The molecule has 3 N–H and O–H groups in total. The zero-order valence-electron chi connectivity index (χ0n) is 11.9. The SMILES string of the molecule is CCCOc1ncnc(NC2(C)CCCCC2)c1N. The van der Waals surface area contributed by atoms with Crippen molar-refractivity contribution in [3.8, 4) is 5.88 Å². The van der Waals surface area contributed by atoms with Crippen LogP contribution < -0.4 is 15.8 Å². The number of nitrogens with two attached hydrogens (primary N) is 1. The van der Waals surface area contributed by atoms with Crippen LogP contribution >= 0.6 is 0 Å². The summed E-state index contributed by atoms with van der Waals surface area (Å²) < 4.78 is 5.53. The maximum absolute atomic E-state index is 6.09. The Bertz CT molecular complexity index is 416. The zero-order chi connectivity index (χ0) is 13.7. The summed E-state index contributed by atoms with van der Waals surface area (Å²) in [4.78, 5) is 8.35. The number of hydrogen-bond acceptors (Lipinski definition) is 5. The highest BCUT2D eigenvalue weighted by Crippen LogP contribution is 2.34. The number of rotatable bonds is 5. The van der Waals surface area contributed by atoms with E-state index in [0.717, 1.165) is 19.3 Å². The monoisotopic (exact) mass is 264 g/mol. The van der Waals surface area contributed by atoms with Crippen molar-refractivity contribution in [1.29, 1.82) is 0 Å². The summed E-state index contributed by atoms with van der Waals surface area (Å²) in [6.45, 7) is 4.91. The van der Waals surface area contributed by atoms with Crippen LogP contribution in [0.15, 0.2) is 6.33 Å². The Hall–Kier alpha value is -1.52. The molecule has 0 aliphatic heterocycles. The Morgan fingerprint density at radius 1 is 1.32 bits per heavy atom. The first-order valence-electron chi connectivity index (χ1n) is 7.16. The zero-order valence-corrected chi connectivity index (χ0v) is 11.9. The van der Waals surface area contributed by atoms with Gasteiger partial charge in [-0.05, 0) is 26.2 Å². The second-order valence-corrected chi connectivity index (χ2v) is 5.54. The molecule has 2 rings (SSSR count). The van der Waals surface area contributed by atoms with Crippen LogP contribution in [0.2, 0.25) is 0 Å². The fraction of sp³-hybridized carbons (Fsp3) is 0.714. The molecule has 0 atom stereocenters. The number of ether oxygens (including phenoxy) is 1. The van der Waals surface area contributed by atoms with Crippen molar-refractivity contribution in [2.45, 2.75) is 57.9 Å². The number of aromatic nitrogens is 2. The number of nitrogens with one attached hydrogen (secondary N) is 1. The summed E-state index contributed by atoms with van der Waals surface area (Å²) in [6.07, 6.45) is 8.59. The standard InChI is InChI=1S/C14H24N4O/c1-3-9-19-13-11(15)12(16-10-17-13)18-14(2)7-5-4-6-8-14/h10H,3-9,15H2,1-2H3,(H,16,17,18). The van der Waals surface area contributed by atoms with Gasteiger partial charge in [-0.2, -0.15) is 4.98 Å². The van der Waals surface area contributed by atoms with Gasteiger partial charge in [-0.1, -0.05) is 26.2 Å². The van der Waals surface area contributed by atoms with Crippen LogP contribution in [0, 0.1) is 0 Å². The highest BCUT2D eigenvalue weighted by atomic mass is 16.5. The fourth-order valence-corrected chi connectivity index (χ4v) is 2.54. The summed E-state index contributed by atoms with van der Waals surface area (Å²) in [5.74, 6) is 1.18. The van der Waals surface area contributed by atoms with Gasteiger partial charge < -0.3 is 15.8 Å². The third kappa shape index (κ3) is 3.49. The minimum atomic E-state index is 0.0861. The lowest BCUT2D eigenvalue weighted by molar-refractivity contribution is 0.306. The van der Waals surface area contributed by atoms with E-state index in [2.05, 4.69) is 29.1 Å². The van der Waals surface area contributed by atoms with E-state index in [-0.39, 0.29) is 5.54 Å². The van der Waals surface area contributed by atoms with Crippen LogP contribution in [-0.4, -0.2) is 22.1 Å². The van der Waals surface area contributed by atoms with E-state index in [0.29, 0.717) is 24.0 Å². The molecule has 1 aliphatic rings. The first-order valence-corrected chi connectivity index (χ1v) is 7.16. The van der Waals surface area contributed by atoms with Gasteiger partial charge in [-0.25, -0.2) is 4.98 Å². The van der Waals surface area contributed by atoms with Crippen molar-refractivity contribution in [2.24, 2.45) is 0 Å². The normalized spacial score (nSPS) is 18.0. The van der Waals surface area contributed by atoms with E-state index >= 15 is 0 Å². The Kier molecular flexibility index (Phi) is 4.45. The molecule has 106 valence electrons. The molecule has 1 aliphatic carbocycles. The van der Waals surface area contributed by atoms with Crippen molar-refractivity contribution < 1.29 is 4.74 Å². The molecule has 5 heteroatoms. The predicted molar refractivity (Wildman–Crippen MR) is 77.3 cm³/mol. The molecular formula is C14H24N4O. The lowest BCUT2D eigenvalue weighted by atomic mass is 9.83. The first-order chi connectivity index (χ1) is 9.14. The van der Waals surface area contributed by atoms with E-state index in [4.69, 9.17) is 10.5 Å². The molecule has 0 radical (unpaired) electrons. The van der Waals surface area contributed by atoms with Crippen molar-refractivity contribution in [3.05, 3.63) is 6.33 Å². The van der Waals surface area contributed by atoms with E-state index < -0.39 is 0 Å². The van der Waals surface area contributed by atoms with E-state index in [9.17, 15) is 0 Å². The molecular weight excluding hydrogens is 240 g/mol. The van der Waals surface area contributed by atoms with Crippen molar-refractivity contribution in [1.82, 2.24) is 9.97 Å². The molecule has 1 saturated carbocycles. The molecule has 19 heavy (non-hydrogen) atoms. The third-order valence-corrected chi connectivity index (χ3v) is 3.67. The maximum Gasteiger partial charge on any atom is 0.242 e. The molecule has 0 saturated heterocycles. The van der Waals surface area contributed by atoms with Crippen molar-refractivity contribution in [3.63, 3.8) is 0 Å². The molecule has 0 spiro atoms. The number of nitrogen functional groups attached to an aromatic ring is 1. The molecule has 0 unspecified atom stereocenters. The van der Waals surface area contributed by atoms with E-state index in [1.165, 1.54) is 25.6 Å². The number of hydrogen-bond donors (Lipinski definition) is 2. The van der Waals surface area contributed by atoms with Crippen molar-refractivity contribution in [2.75, 3.05) is 17.7 Å². The quantitative estimate of drug-likeness (QED) is 0.855. The van der Waals surface area contributed by atoms with Gasteiger partial charge in [0.1, 0.15) is 12.0 Å². The number of anilines is 2. The smallest absolute Gasteiger partial charge is 0.242 e. The van der Waals surface area contributed by atoms with Gasteiger partial charge in [0.05, 0.1) is 6.61 Å². The Morgan fingerprint density at radius 2 is 2.05 bits per heavy atom. The maximum atomic E-state index is 6.09. The summed E-state index contributed by atoms with van der Waals surface area (Å²) in [5.41, 5.74) is 6.69. The topological polar surface area (TPSA) is 73.1 Å². The Morgan fingerprint density at radius 3 is 2.74 bits per heavy atom. The summed E-state index contributed by atoms with van der Waals surface area (Å²) >= 11 is 0. The van der Waals surface area contributed by atoms with Crippen molar-refractivity contribution >= 4 is 11.5 Å². The molecule has 1 fully saturated rings. The Labute approximate surface area is 115 Å². The van der Waals surface area contributed by atoms with Gasteiger partial charge in [0.25, 0.3) is 0 Å². The molecule has 1 heterocycles. The fourth-order valence-electron chi connectivity index (χ4n) is 2.54. The summed E-state index contributed by atoms with van der Waals surface area (Å²) in [6, 6.07) is 0. The van der Waals surface area contributed by atoms with Crippen LogP contribution in [0.1, 0.15) is 52.4 Å². The molecule has 0 amide bonds. The summed E-state index contributed by atoms with van der Waals surface area (Å²) in [7, 11) is 0. The van der Waals surface area contributed by atoms with Gasteiger partial charge in [0, 0.05) is 5.54 Å². The Balaban J connectivity index is 2.11. The van der Waals surface area contributed by atoms with Gasteiger partial charge in [0.15, 0.2) is 5.82 Å². The highest BCUT2D eigenvalue weighted by Gasteiger charge is 2.28. The van der Waals surface area contributed by atoms with Gasteiger partial charge in [-0.3, -0.25) is 0 Å². The van der Waals surface area contributed by atoms with Crippen LogP contribution in [-0.2, 0) is 0 Å². The van der Waals surface area contributed by atoms with E-state index in [1.54, 1.807) is 0 Å². The lowest BCUT2D eigenvalue weighted by Gasteiger charge is -2.35. The highest BCUT2D eigenvalue weighted by molar-refractivity contribution is 5.67. The average Bonchev–Trinajstić information content (AvgIpc) is 2.40. The average molecular weight is 264 g/mol. The molecule has 1 aromatic heterocycles. The van der Waals surface area contributed by atoms with Gasteiger partial charge in [0.2, 0.25) is 5.88 Å². The minimum Gasteiger partial charge on any atom is -0.476 e. The summed E-state index contributed by atoms with van der Waals surface area (Å²) in [5, 5.41) is 3.49. The predicted octanol–water partition coefficient (Wildman–Crippen LogP) is 2.98. The van der Waals surface area contributed by atoms with Gasteiger partial charge in [-0.15, -0.1) is 0 Å². The van der Waals surface area contributed by atoms with E-state index in [1.807, 2.05) is 0 Å². The van der Waals surface area contributed by atoms with Gasteiger partial charge >= 0.3 is 0 Å². The molecule has 1 aromatic rings. The second-order valence-electron chi connectivity index (χ2n) is 5.54. The molecule has 0 bridgehead atoms. The second kappa shape index (κ2) is 6.08. The van der Waals surface area contributed by atoms with Crippen LogP contribution in [0.4, 0.5) is 11.5 Å². The minimum absolute atomic E-state index is 0.0861. The van der Waals surface area contributed by atoms with Crippen LogP contribution in [0.5, 0.6) is 5.88 Å². The third-order valence-electron chi connectivity index (χ3n) is 3.67. The first kappa shape index (κ1) is 13.9. The molecule has 0 aromatic carbocycles.